The second kappa shape index (κ2) is 5.91. The van der Waals surface area contributed by atoms with E-state index in [4.69, 9.17) is 10.5 Å². The lowest BCUT2D eigenvalue weighted by Crippen LogP contribution is -2.70. The van der Waals surface area contributed by atoms with Crippen LogP contribution in [0.5, 0.6) is 0 Å². The molecular formula is C12H13N3O5. The van der Waals surface area contributed by atoms with E-state index in [0.29, 0.717) is 0 Å². The number of nitrogens with one attached hydrogen (secondary N) is 2. The molecular weight excluding hydrogens is 266 g/mol. The fourth-order valence-corrected chi connectivity index (χ4v) is 1.61. The second-order valence-corrected chi connectivity index (χ2v) is 4.05. The van der Waals surface area contributed by atoms with E-state index in [2.05, 4.69) is 15.4 Å². The number of hydrogen-bond donors (Lipinski definition) is 3. The maximum absolute atomic E-state index is 11.5. The summed E-state index contributed by atoms with van der Waals surface area (Å²) in [5, 5.41) is 4.56. The Kier molecular flexibility index (Phi) is 4.04. The highest BCUT2D eigenvalue weighted by molar-refractivity contribution is 5.92. The Balaban J connectivity index is 1.79. The van der Waals surface area contributed by atoms with E-state index in [1.807, 2.05) is 18.2 Å². The van der Waals surface area contributed by atoms with Crippen molar-refractivity contribution in [1.29, 1.82) is 0 Å². The van der Waals surface area contributed by atoms with Gasteiger partial charge < -0.3 is 25.8 Å². The quantitative estimate of drug-likeness (QED) is 0.661. The number of carbonyl (C=O) groups is 3. The molecule has 0 aliphatic carbocycles. The van der Waals surface area contributed by atoms with E-state index in [1.165, 1.54) is 0 Å². The van der Waals surface area contributed by atoms with Gasteiger partial charge in [-0.25, -0.2) is 9.59 Å². The van der Waals surface area contributed by atoms with Crippen molar-refractivity contribution < 1.29 is 23.9 Å². The predicted octanol–water partition coefficient (Wildman–Crippen LogP) is -0.167. The number of β-lactam (4-membered cyclic amide) rings is 1. The van der Waals surface area contributed by atoms with E-state index >= 15 is 0 Å². The molecule has 106 valence electrons. The van der Waals surface area contributed by atoms with Crippen molar-refractivity contribution in [2.45, 2.75) is 18.9 Å². The number of carbonyl (C=O) groups excluding carboxylic acids is 3. The minimum Gasteiger partial charge on any atom is -0.445 e. The lowest BCUT2D eigenvalue weighted by atomic mass is 10.1. The van der Waals surface area contributed by atoms with Gasteiger partial charge in [-0.1, -0.05) is 30.3 Å². The molecule has 0 saturated carbocycles. The van der Waals surface area contributed by atoms with Gasteiger partial charge in [0.15, 0.2) is 6.04 Å². The zero-order valence-corrected chi connectivity index (χ0v) is 10.4. The van der Waals surface area contributed by atoms with Gasteiger partial charge in [-0.3, -0.25) is 4.79 Å². The summed E-state index contributed by atoms with van der Waals surface area (Å²) in [7, 11) is 0. The number of amides is 3. The first-order valence-corrected chi connectivity index (χ1v) is 5.80. The summed E-state index contributed by atoms with van der Waals surface area (Å²) in [6.07, 6.45) is -2.80. The Morgan fingerprint density at radius 1 is 1.30 bits per heavy atom. The summed E-state index contributed by atoms with van der Waals surface area (Å²) >= 11 is 0. The summed E-state index contributed by atoms with van der Waals surface area (Å²) in [6.45, 7) is 0.0718. The summed E-state index contributed by atoms with van der Waals surface area (Å²) in [6, 6.07) is 8.06. The number of primary amides is 1. The molecule has 20 heavy (non-hydrogen) atoms. The van der Waals surface area contributed by atoms with Crippen LogP contribution in [0.25, 0.3) is 0 Å². The third-order valence-corrected chi connectivity index (χ3v) is 2.60. The monoisotopic (exact) mass is 279 g/mol. The van der Waals surface area contributed by atoms with Crippen molar-refractivity contribution in [1.82, 2.24) is 10.6 Å². The molecule has 4 N–H and O–H groups in total. The molecule has 2 rings (SSSR count). The Morgan fingerprint density at radius 3 is 2.60 bits per heavy atom. The van der Waals surface area contributed by atoms with Gasteiger partial charge in [-0.2, -0.15) is 0 Å². The average Bonchev–Trinajstić information content (AvgIpc) is 2.43. The Bertz CT molecular complexity index is 519. The van der Waals surface area contributed by atoms with Crippen LogP contribution in [0.15, 0.2) is 30.3 Å². The minimum absolute atomic E-state index is 0.0718. The number of alkyl carbamates (subject to hydrolysis) is 1. The van der Waals surface area contributed by atoms with Gasteiger partial charge in [0.1, 0.15) is 6.61 Å². The fourth-order valence-electron chi connectivity index (χ4n) is 1.61. The van der Waals surface area contributed by atoms with Crippen molar-refractivity contribution in [3.8, 4) is 0 Å². The van der Waals surface area contributed by atoms with E-state index in [-0.39, 0.29) is 6.61 Å². The van der Waals surface area contributed by atoms with Crippen LogP contribution in [0, 0.1) is 0 Å². The zero-order chi connectivity index (χ0) is 14.5. The van der Waals surface area contributed by atoms with Gasteiger partial charge in [0.05, 0.1) is 0 Å². The van der Waals surface area contributed by atoms with Gasteiger partial charge >= 0.3 is 12.2 Å². The lowest BCUT2D eigenvalue weighted by molar-refractivity contribution is -0.140. The number of nitrogens with two attached hydrogens (primary N) is 1. The average molecular weight is 279 g/mol. The minimum atomic E-state index is -1.04. The highest BCUT2D eigenvalue weighted by Gasteiger charge is 2.43. The van der Waals surface area contributed by atoms with E-state index < -0.39 is 30.4 Å². The van der Waals surface area contributed by atoms with Crippen molar-refractivity contribution >= 4 is 18.1 Å². The molecule has 0 aromatic heterocycles. The van der Waals surface area contributed by atoms with Crippen LogP contribution in [0.3, 0.4) is 0 Å². The number of benzene rings is 1. The van der Waals surface area contributed by atoms with Crippen molar-refractivity contribution in [3.05, 3.63) is 35.9 Å². The fraction of sp³-hybridized carbons (Fsp3) is 0.250. The van der Waals surface area contributed by atoms with Crippen LogP contribution in [0.1, 0.15) is 5.56 Å². The van der Waals surface area contributed by atoms with Crippen molar-refractivity contribution in [3.63, 3.8) is 0 Å². The zero-order valence-electron chi connectivity index (χ0n) is 10.4. The molecule has 1 heterocycles. The highest BCUT2D eigenvalue weighted by atomic mass is 16.6. The molecule has 1 aromatic carbocycles. The Labute approximate surface area is 114 Å². The standard InChI is InChI=1S/C12H13N3O5/c13-11(17)20-10-8(9(16)15-10)14-12(18)19-6-7-4-2-1-3-5-7/h1-5,8,10H,6H2,(H2,13,17)(H,14,18)(H,15,16)/t8-,10+/m1/s1. The summed E-state index contributed by atoms with van der Waals surface area (Å²) < 4.78 is 9.50. The summed E-state index contributed by atoms with van der Waals surface area (Å²) in [4.78, 5) is 33.3. The van der Waals surface area contributed by atoms with Crippen LogP contribution < -0.4 is 16.4 Å². The molecule has 3 amide bonds. The molecule has 0 spiro atoms. The molecule has 1 aliphatic rings. The van der Waals surface area contributed by atoms with E-state index in [0.717, 1.165) is 5.56 Å². The lowest BCUT2D eigenvalue weighted by Gasteiger charge is -2.34. The number of hydrogen-bond acceptors (Lipinski definition) is 5. The van der Waals surface area contributed by atoms with Crippen LogP contribution >= 0.6 is 0 Å². The third-order valence-electron chi connectivity index (χ3n) is 2.60. The summed E-state index contributed by atoms with van der Waals surface area (Å²) in [5.74, 6) is -0.479. The van der Waals surface area contributed by atoms with Crippen LogP contribution in [-0.2, 0) is 20.9 Å². The first kappa shape index (κ1) is 13.7. The normalized spacial score (nSPS) is 20.3. The van der Waals surface area contributed by atoms with Gasteiger partial charge in [0.25, 0.3) is 5.91 Å². The largest absolute Gasteiger partial charge is 0.445 e. The van der Waals surface area contributed by atoms with E-state index in [1.54, 1.807) is 12.1 Å². The first-order chi connectivity index (χ1) is 9.56. The van der Waals surface area contributed by atoms with Crippen molar-refractivity contribution in [2.24, 2.45) is 5.73 Å². The van der Waals surface area contributed by atoms with Crippen LogP contribution in [-0.4, -0.2) is 30.4 Å². The molecule has 8 nitrogen and oxygen atoms in total. The molecule has 2 atom stereocenters. The molecule has 1 fully saturated rings. The third kappa shape index (κ3) is 3.37. The predicted molar refractivity (Wildman–Crippen MR) is 66.1 cm³/mol. The topological polar surface area (TPSA) is 120 Å². The molecule has 0 bridgehead atoms. The molecule has 1 aliphatic heterocycles. The number of ether oxygens (including phenoxy) is 2. The molecule has 1 saturated heterocycles. The summed E-state index contributed by atoms with van der Waals surface area (Å²) in [5.41, 5.74) is 5.63. The van der Waals surface area contributed by atoms with Crippen LogP contribution in [0.4, 0.5) is 9.59 Å². The Hall–Kier alpha value is -2.77. The van der Waals surface area contributed by atoms with E-state index in [9.17, 15) is 14.4 Å². The van der Waals surface area contributed by atoms with Crippen molar-refractivity contribution in [2.75, 3.05) is 0 Å². The van der Waals surface area contributed by atoms with Gasteiger partial charge in [0.2, 0.25) is 6.23 Å². The van der Waals surface area contributed by atoms with Gasteiger partial charge in [-0.05, 0) is 5.56 Å². The molecule has 8 heteroatoms. The second-order valence-electron chi connectivity index (χ2n) is 4.05. The molecule has 0 unspecified atom stereocenters. The molecule has 1 aromatic rings. The molecule has 0 radical (unpaired) electrons. The highest BCUT2D eigenvalue weighted by Crippen LogP contribution is 2.08. The van der Waals surface area contributed by atoms with Crippen LogP contribution in [0.2, 0.25) is 0 Å². The SMILES string of the molecule is NC(=O)O[C@@H]1NC(=O)[C@H]1NC(=O)OCc1ccccc1. The van der Waals surface area contributed by atoms with Gasteiger partial charge in [0, 0.05) is 0 Å². The maximum atomic E-state index is 11.5. The Morgan fingerprint density at radius 2 is 2.00 bits per heavy atom. The maximum Gasteiger partial charge on any atom is 0.408 e. The van der Waals surface area contributed by atoms with Gasteiger partial charge in [-0.15, -0.1) is 0 Å². The smallest absolute Gasteiger partial charge is 0.408 e. The first-order valence-electron chi connectivity index (χ1n) is 5.80. The number of rotatable bonds is 4.